The summed E-state index contributed by atoms with van der Waals surface area (Å²) >= 11 is 12.8. The Kier molecular flexibility index (Phi) is 8.49. The average molecular weight is 585 g/mol. The van der Waals surface area contributed by atoms with Crippen LogP contribution in [0.15, 0.2) is 46.2 Å². The molecule has 37 heavy (non-hydrogen) atoms. The van der Waals surface area contributed by atoms with Crippen molar-refractivity contribution in [3.8, 4) is 5.75 Å². The van der Waals surface area contributed by atoms with E-state index in [9.17, 15) is 22.8 Å². The largest absolute Gasteiger partial charge is 0.495 e. The number of thioether (sulfide) groups is 1. The van der Waals surface area contributed by atoms with Crippen LogP contribution < -0.4 is 10.1 Å². The molecule has 2 saturated heterocycles. The van der Waals surface area contributed by atoms with Crippen LogP contribution >= 0.6 is 35.0 Å². The van der Waals surface area contributed by atoms with Crippen molar-refractivity contribution >= 4 is 68.1 Å². The molecule has 2 fully saturated rings. The molecule has 4 rings (SSSR count). The predicted octanol–water partition coefficient (Wildman–Crippen LogP) is 4.25. The molecule has 2 aliphatic heterocycles. The molecule has 1 N–H and O–H groups in total. The van der Waals surface area contributed by atoms with Crippen molar-refractivity contribution in [1.29, 1.82) is 0 Å². The van der Waals surface area contributed by atoms with Gasteiger partial charge in [-0.15, -0.1) is 0 Å². The molecular formula is C24H23Cl2N3O6S2. The zero-order valence-electron chi connectivity index (χ0n) is 19.7. The van der Waals surface area contributed by atoms with E-state index in [1.165, 1.54) is 41.8 Å². The van der Waals surface area contributed by atoms with Gasteiger partial charge < -0.3 is 10.1 Å². The van der Waals surface area contributed by atoms with Gasteiger partial charge in [-0.2, -0.15) is 4.31 Å². The van der Waals surface area contributed by atoms with Gasteiger partial charge >= 0.3 is 0 Å². The second-order valence-electron chi connectivity index (χ2n) is 8.23. The van der Waals surface area contributed by atoms with E-state index in [1.54, 1.807) is 12.1 Å². The minimum atomic E-state index is -3.82. The summed E-state index contributed by atoms with van der Waals surface area (Å²) in [5.41, 5.74) is 0.661. The van der Waals surface area contributed by atoms with Gasteiger partial charge in [0, 0.05) is 41.8 Å². The molecule has 0 atom stereocenters. The highest BCUT2D eigenvalue weighted by Crippen LogP contribution is 2.34. The molecule has 196 valence electrons. The number of carbonyl (C=O) groups is 3. The van der Waals surface area contributed by atoms with Crippen molar-refractivity contribution in [2.24, 2.45) is 0 Å². The van der Waals surface area contributed by atoms with Crippen LogP contribution in [-0.2, 0) is 14.8 Å². The molecule has 0 saturated carbocycles. The molecule has 0 unspecified atom stereocenters. The van der Waals surface area contributed by atoms with Gasteiger partial charge in [0.1, 0.15) is 10.6 Å². The topological polar surface area (TPSA) is 113 Å². The Balaban J connectivity index is 1.42. The van der Waals surface area contributed by atoms with Crippen molar-refractivity contribution in [1.82, 2.24) is 14.5 Å². The van der Waals surface area contributed by atoms with E-state index < -0.39 is 27.1 Å². The van der Waals surface area contributed by atoms with Gasteiger partial charge in [-0.1, -0.05) is 29.3 Å². The zero-order valence-corrected chi connectivity index (χ0v) is 22.8. The average Bonchev–Trinajstić information content (AvgIpc) is 3.50. The minimum Gasteiger partial charge on any atom is -0.495 e. The lowest BCUT2D eigenvalue weighted by Crippen LogP contribution is -2.37. The van der Waals surface area contributed by atoms with Crippen LogP contribution in [0, 0.1) is 0 Å². The van der Waals surface area contributed by atoms with E-state index in [1.807, 2.05) is 0 Å². The van der Waals surface area contributed by atoms with Gasteiger partial charge in [0.2, 0.25) is 10.0 Å². The minimum absolute atomic E-state index is 0.0217. The van der Waals surface area contributed by atoms with Gasteiger partial charge in [-0.25, -0.2) is 8.42 Å². The first kappa shape index (κ1) is 27.5. The Labute approximate surface area is 228 Å². The number of benzene rings is 2. The van der Waals surface area contributed by atoms with Crippen LogP contribution in [0.2, 0.25) is 10.0 Å². The third-order valence-electron chi connectivity index (χ3n) is 5.85. The summed E-state index contributed by atoms with van der Waals surface area (Å²) in [5.74, 6) is -0.900. The van der Waals surface area contributed by atoms with Crippen LogP contribution in [0.1, 0.15) is 28.8 Å². The van der Waals surface area contributed by atoms with Crippen molar-refractivity contribution in [2.45, 2.75) is 17.7 Å². The smallest absolute Gasteiger partial charge is 0.293 e. The number of carbonyl (C=O) groups excluding carboxylic acids is 3. The molecule has 13 heteroatoms. The molecule has 2 heterocycles. The number of hydrogen-bond acceptors (Lipinski definition) is 7. The fraction of sp³-hybridized carbons (Fsp3) is 0.292. The first-order chi connectivity index (χ1) is 17.6. The summed E-state index contributed by atoms with van der Waals surface area (Å²) in [6.07, 6.45) is 3.07. The number of ether oxygens (including phenoxy) is 1. The summed E-state index contributed by atoms with van der Waals surface area (Å²) < 4.78 is 32.7. The summed E-state index contributed by atoms with van der Waals surface area (Å²) in [5, 5.41) is 2.95. The van der Waals surface area contributed by atoms with Crippen LogP contribution in [0.3, 0.4) is 0 Å². The first-order valence-electron chi connectivity index (χ1n) is 11.3. The quantitative estimate of drug-likeness (QED) is 0.462. The number of amides is 3. The highest BCUT2D eigenvalue weighted by Gasteiger charge is 2.35. The van der Waals surface area contributed by atoms with Crippen molar-refractivity contribution < 1.29 is 27.5 Å². The molecule has 2 aromatic carbocycles. The monoisotopic (exact) mass is 583 g/mol. The lowest BCUT2D eigenvalue weighted by Gasteiger charge is -2.18. The van der Waals surface area contributed by atoms with E-state index in [4.69, 9.17) is 27.9 Å². The summed E-state index contributed by atoms with van der Waals surface area (Å²) in [4.78, 5) is 39.0. The fourth-order valence-electron chi connectivity index (χ4n) is 3.92. The molecule has 0 bridgehead atoms. The lowest BCUT2D eigenvalue weighted by molar-refractivity contribution is -0.122. The number of imide groups is 1. The summed E-state index contributed by atoms with van der Waals surface area (Å²) in [7, 11) is -2.45. The predicted molar refractivity (Wildman–Crippen MR) is 142 cm³/mol. The molecular weight excluding hydrogens is 561 g/mol. The zero-order chi connectivity index (χ0) is 26.7. The Bertz CT molecular complexity index is 1390. The molecule has 2 aliphatic rings. The fourth-order valence-corrected chi connectivity index (χ4v) is 6.94. The van der Waals surface area contributed by atoms with Crippen LogP contribution in [0.4, 0.5) is 4.79 Å². The number of nitrogens with one attached hydrogen (secondary N) is 1. The first-order valence-corrected chi connectivity index (χ1v) is 14.3. The van der Waals surface area contributed by atoms with Crippen LogP contribution in [0.25, 0.3) is 6.08 Å². The Hall–Kier alpha value is -2.57. The number of hydrogen-bond donors (Lipinski definition) is 1. The second kappa shape index (κ2) is 11.4. The van der Waals surface area contributed by atoms with E-state index in [0.29, 0.717) is 28.7 Å². The Morgan fingerprint density at radius 1 is 1.14 bits per heavy atom. The maximum absolute atomic E-state index is 13.1. The van der Waals surface area contributed by atoms with E-state index in [-0.39, 0.29) is 34.2 Å². The van der Waals surface area contributed by atoms with Crippen molar-refractivity contribution in [2.75, 3.05) is 33.3 Å². The number of halogens is 2. The van der Waals surface area contributed by atoms with Gasteiger partial charge in [0.25, 0.3) is 17.1 Å². The van der Waals surface area contributed by atoms with Crippen molar-refractivity contribution in [3.05, 3.63) is 62.5 Å². The molecule has 3 amide bonds. The van der Waals surface area contributed by atoms with Crippen LogP contribution in [-0.4, -0.2) is 68.0 Å². The highest BCUT2D eigenvalue weighted by molar-refractivity contribution is 8.18. The molecule has 0 spiro atoms. The summed E-state index contributed by atoms with van der Waals surface area (Å²) in [6.45, 7) is 0.750. The lowest BCUT2D eigenvalue weighted by atomic mass is 10.2. The highest BCUT2D eigenvalue weighted by atomic mass is 35.5. The number of rotatable bonds is 8. The SMILES string of the molecule is COc1ccc(C(=O)NCCN2C(=O)SC(=Cc3ccc(Cl)cc3Cl)C2=O)cc1S(=O)(=O)N1CCCC1. The van der Waals surface area contributed by atoms with Crippen molar-refractivity contribution in [3.63, 3.8) is 0 Å². The molecule has 0 radical (unpaired) electrons. The number of methoxy groups -OCH3 is 1. The van der Waals surface area contributed by atoms with Crippen LogP contribution in [0.5, 0.6) is 5.75 Å². The molecule has 2 aromatic rings. The van der Waals surface area contributed by atoms with E-state index in [0.717, 1.165) is 29.5 Å². The van der Waals surface area contributed by atoms with Gasteiger partial charge in [0.15, 0.2) is 0 Å². The maximum Gasteiger partial charge on any atom is 0.293 e. The maximum atomic E-state index is 13.1. The number of sulfonamides is 1. The Morgan fingerprint density at radius 2 is 1.86 bits per heavy atom. The standard InChI is InChI=1S/C24H23Cl2N3O6S2/c1-35-19-7-5-16(13-21(19)37(33,34)28-9-2-3-10-28)22(30)27-8-11-29-23(31)20(36-24(29)32)12-15-4-6-17(25)14-18(15)26/h4-7,12-14H,2-3,8-11H2,1H3,(H,27,30). The van der Waals surface area contributed by atoms with E-state index in [2.05, 4.69) is 5.32 Å². The Morgan fingerprint density at radius 3 is 2.54 bits per heavy atom. The number of nitrogens with zero attached hydrogens (tertiary/aromatic N) is 2. The second-order valence-corrected chi connectivity index (χ2v) is 12.0. The molecule has 9 nitrogen and oxygen atoms in total. The van der Waals surface area contributed by atoms with Gasteiger partial charge in [-0.05, 0) is 66.6 Å². The third-order valence-corrected chi connectivity index (χ3v) is 9.24. The van der Waals surface area contributed by atoms with Gasteiger partial charge in [0.05, 0.1) is 12.0 Å². The normalized spacial score (nSPS) is 17.6. The summed E-state index contributed by atoms with van der Waals surface area (Å²) in [6, 6.07) is 8.97. The molecule has 0 aromatic heterocycles. The molecule has 0 aliphatic carbocycles. The third kappa shape index (κ3) is 5.96. The van der Waals surface area contributed by atoms with Gasteiger partial charge in [-0.3, -0.25) is 19.3 Å². The van der Waals surface area contributed by atoms with E-state index >= 15 is 0 Å².